The second-order valence-corrected chi connectivity index (χ2v) is 6.65. The SMILES string of the molecule is COC(=O)C1CC(Oc2ccccc2F)CN1C(=O)c1c[nH]c2ccccc12. The molecule has 2 heterocycles. The Hall–Kier alpha value is -3.35. The number of ether oxygens (including phenoxy) is 2. The van der Waals surface area contributed by atoms with Crippen molar-refractivity contribution in [1.82, 2.24) is 9.88 Å². The van der Waals surface area contributed by atoms with E-state index in [2.05, 4.69) is 4.98 Å². The number of benzene rings is 2. The number of hydrogen-bond acceptors (Lipinski definition) is 4. The Morgan fingerprint density at radius 1 is 1.14 bits per heavy atom. The van der Waals surface area contributed by atoms with Gasteiger partial charge in [-0.2, -0.15) is 0 Å². The normalized spacial score (nSPS) is 19.0. The molecule has 1 aromatic heterocycles. The summed E-state index contributed by atoms with van der Waals surface area (Å²) in [7, 11) is 1.28. The Kier molecular flexibility index (Phi) is 4.73. The Balaban J connectivity index is 1.61. The van der Waals surface area contributed by atoms with Gasteiger partial charge in [0, 0.05) is 23.5 Å². The molecule has 1 N–H and O–H groups in total. The maximum Gasteiger partial charge on any atom is 0.328 e. The van der Waals surface area contributed by atoms with Gasteiger partial charge in [0.05, 0.1) is 19.2 Å². The minimum Gasteiger partial charge on any atom is -0.485 e. The van der Waals surface area contributed by atoms with Crippen molar-refractivity contribution >= 4 is 22.8 Å². The van der Waals surface area contributed by atoms with Gasteiger partial charge < -0.3 is 19.4 Å². The number of carbonyl (C=O) groups is 2. The van der Waals surface area contributed by atoms with Crippen molar-refractivity contribution in [3.8, 4) is 5.75 Å². The van der Waals surface area contributed by atoms with Crippen molar-refractivity contribution in [3.05, 3.63) is 66.1 Å². The Bertz CT molecular complexity index is 1030. The first-order valence-electron chi connectivity index (χ1n) is 8.94. The number of likely N-dealkylation sites (tertiary alicyclic amines) is 1. The zero-order valence-electron chi connectivity index (χ0n) is 15.2. The lowest BCUT2D eigenvalue weighted by Crippen LogP contribution is -2.41. The number of nitrogens with zero attached hydrogens (tertiary/aromatic N) is 1. The van der Waals surface area contributed by atoms with Crippen molar-refractivity contribution < 1.29 is 23.5 Å². The van der Waals surface area contributed by atoms with Crippen molar-refractivity contribution in [2.45, 2.75) is 18.6 Å². The molecule has 6 nitrogen and oxygen atoms in total. The summed E-state index contributed by atoms with van der Waals surface area (Å²) in [5, 5.41) is 0.773. The molecule has 144 valence electrons. The van der Waals surface area contributed by atoms with Crippen molar-refractivity contribution in [2.75, 3.05) is 13.7 Å². The quantitative estimate of drug-likeness (QED) is 0.704. The van der Waals surface area contributed by atoms with E-state index < -0.39 is 23.9 Å². The number of aromatic amines is 1. The van der Waals surface area contributed by atoms with Crippen molar-refractivity contribution in [1.29, 1.82) is 0 Å². The number of hydrogen-bond donors (Lipinski definition) is 1. The molecule has 4 rings (SSSR count). The smallest absolute Gasteiger partial charge is 0.328 e. The van der Waals surface area contributed by atoms with Crippen LogP contribution in [-0.4, -0.2) is 47.6 Å². The molecular formula is C21H19FN2O4. The molecule has 2 unspecified atom stereocenters. The summed E-state index contributed by atoms with van der Waals surface area (Å²) in [5.74, 6) is -1.21. The molecule has 0 radical (unpaired) electrons. The highest BCUT2D eigenvalue weighted by Crippen LogP contribution is 2.28. The number of carbonyl (C=O) groups excluding carboxylic acids is 2. The van der Waals surface area contributed by atoms with Gasteiger partial charge in [-0.25, -0.2) is 9.18 Å². The fourth-order valence-corrected chi connectivity index (χ4v) is 3.59. The van der Waals surface area contributed by atoms with Gasteiger partial charge in [-0.3, -0.25) is 4.79 Å². The van der Waals surface area contributed by atoms with Crippen LogP contribution in [0, 0.1) is 5.82 Å². The molecule has 1 aliphatic rings. The van der Waals surface area contributed by atoms with Gasteiger partial charge in [-0.1, -0.05) is 30.3 Å². The number of amides is 1. The molecule has 1 amide bonds. The van der Waals surface area contributed by atoms with Crippen LogP contribution in [-0.2, 0) is 9.53 Å². The van der Waals surface area contributed by atoms with Crippen LogP contribution in [0.15, 0.2) is 54.7 Å². The summed E-state index contributed by atoms with van der Waals surface area (Å²) in [6, 6.07) is 12.7. The van der Waals surface area contributed by atoms with Crippen LogP contribution in [0.25, 0.3) is 10.9 Å². The standard InChI is InChI=1S/C21H19FN2O4/c1-27-21(26)18-10-13(28-19-9-5-3-7-16(19)22)12-24(18)20(25)15-11-23-17-8-4-2-6-14(15)17/h2-9,11,13,18,23H,10,12H2,1H3. The number of rotatable bonds is 4. The lowest BCUT2D eigenvalue weighted by molar-refractivity contribution is -0.145. The van der Waals surface area contributed by atoms with E-state index in [4.69, 9.17) is 9.47 Å². The fourth-order valence-electron chi connectivity index (χ4n) is 3.59. The Morgan fingerprint density at radius 2 is 1.89 bits per heavy atom. The van der Waals surface area contributed by atoms with Crippen LogP contribution in [0.2, 0.25) is 0 Å². The van der Waals surface area contributed by atoms with Crippen LogP contribution in [0.4, 0.5) is 4.39 Å². The molecule has 7 heteroatoms. The summed E-state index contributed by atoms with van der Waals surface area (Å²) < 4.78 is 24.5. The third kappa shape index (κ3) is 3.19. The molecule has 1 fully saturated rings. The molecule has 0 spiro atoms. The van der Waals surface area contributed by atoms with Crippen LogP contribution >= 0.6 is 0 Å². The number of halogens is 1. The van der Waals surface area contributed by atoms with E-state index in [1.54, 1.807) is 18.3 Å². The van der Waals surface area contributed by atoms with Gasteiger partial charge in [-0.05, 0) is 18.2 Å². The highest BCUT2D eigenvalue weighted by atomic mass is 19.1. The Morgan fingerprint density at radius 3 is 2.68 bits per heavy atom. The van der Waals surface area contributed by atoms with E-state index in [0.717, 1.165) is 10.9 Å². The third-order valence-electron chi connectivity index (χ3n) is 4.95. The predicted molar refractivity (Wildman–Crippen MR) is 101 cm³/mol. The average molecular weight is 382 g/mol. The van der Waals surface area contributed by atoms with Crippen LogP contribution in [0.5, 0.6) is 5.75 Å². The number of esters is 1. The lowest BCUT2D eigenvalue weighted by atomic mass is 10.1. The van der Waals surface area contributed by atoms with E-state index in [0.29, 0.717) is 5.56 Å². The van der Waals surface area contributed by atoms with Gasteiger partial charge in [0.25, 0.3) is 5.91 Å². The molecule has 3 aromatic rings. The molecular weight excluding hydrogens is 363 g/mol. The number of fused-ring (bicyclic) bond motifs is 1. The minimum atomic E-state index is -0.789. The largest absolute Gasteiger partial charge is 0.485 e. The monoisotopic (exact) mass is 382 g/mol. The maximum atomic E-state index is 13.9. The number of aromatic nitrogens is 1. The molecule has 28 heavy (non-hydrogen) atoms. The van der Waals surface area contributed by atoms with Gasteiger partial charge in [0.15, 0.2) is 11.6 Å². The summed E-state index contributed by atoms with van der Waals surface area (Å²) >= 11 is 0. The first kappa shape index (κ1) is 18.0. The fraction of sp³-hybridized carbons (Fsp3) is 0.238. The summed E-state index contributed by atoms with van der Waals surface area (Å²) in [5.41, 5.74) is 1.30. The molecule has 0 saturated carbocycles. The number of methoxy groups -OCH3 is 1. The first-order chi connectivity index (χ1) is 13.6. The van der Waals surface area contributed by atoms with E-state index in [-0.39, 0.29) is 24.6 Å². The van der Waals surface area contributed by atoms with Gasteiger partial charge in [0.1, 0.15) is 12.1 Å². The van der Waals surface area contributed by atoms with Gasteiger partial charge >= 0.3 is 5.97 Å². The van der Waals surface area contributed by atoms with E-state index in [9.17, 15) is 14.0 Å². The highest BCUT2D eigenvalue weighted by Gasteiger charge is 2.42. The van der Waals surface area contributed by atoms with E-state index in [1.165, 1.54) is 24.1 Å². The van der Waals surface area contributed by atoms with E-state index >= 15 is 0 Å². The predicted octanol–water partition coefficient (Wildman–Crippen LogP) is 3.14. The Labute approximate surface area is 160 Å². The van der Waals surface area contributed by atoms with Crippen LogP contribution in [0.1, 0.15) is 16.8 Å². The zero-order valence-corrected chi connectivity index (χ0v) is 15.2. The molecule has 0 aliphatic carbocycles. The average Bonchev–Trinajstić information content (AvgIpc) is 3.33. The number of para-hydroxylation sites is 2. The third-order valence-corrected chi connectivity index (χ3v) is 4.95. The van der Waals surface area contributed by atoms with Gasteiger partial charge in [-0.15, -0.1) is 0 Å². The number of nitrogens with one attached hydrogen (secondary N) is 1. The van der Waals surface area contributed by atoms with Crippen LogP contribution in [0.3, 0.4) is 0 Å². The lowest BCUT2D eigenvalue weighted by Gasteiger charge is -2.22. The van der Waals surface area contributed by atoms with Gasteiger partial charge in [0.2, 0.25) is 0 Å². The topological polar surface area (TPSA) is 71.6 Å². The maximum absolute atomic E-state index is 13.9. The minimum absolute atomic E-state index is 0.0949. The van der Waals surface area contributed by atoms with Crippen LogP contribution < -0.4 is 4.74 Å². The first-order valence-corrected chi connectivity index (χ1v) is 8.94. The molecule has 1 saturated heterocycles. The van der Waals surface area contributed by atoms with Crippen molar-refractivity contribution in [3.63, 3.8) is 0 Å². The zero-order chi connectivity index (χ0) is 19.7. The molecule has 2 aromatic carbocycles. The molecule has 2 atom stereocenters. The summed E-state index contributed by atoms with van der Waals surface area (Å²) in [6.07, 6.45) is 1.34. The highest BCUT2D eigenvalue weighted by molar-refractivity contribution is 6.07. The molecule has 1 aliphatic heterocycles. The number of H-pyrrole nitrogens is 1. The van der Waals surface area contributed by atoms with Crippen molar-refractivity contribution in [2.24, 2.45) is 0 Å². The summed E-state index contributed by atoms with van der Waals surface area (Å²) in [6.45, 7) is 0.159. The second kappa shape index (κ2) is 7.34. The summed E-state index contributed by atoms with van der Waals surface area (Å²) in [4.78, 5) is 30.0. The second-order valence-electron chi connectivity index (χ2n) is 6.65. The van der Waals surface area contributed by atoms with E-state index in [1.807, 2.05) is 24.3 Å². The molecule has 0 bridgehead atoms.